The van der Waals surface area contributed by atoms with E-state index < -0.39 is 17.5 Å². The standard InChI is InChI=1S/C9H15BrFNO2/c1-9(2,3)14-8(13)12-6-7(11)4-5-10/h6H,4-5H2,1-3H3,(H,12,13). The molecule has 0 aromatic carbocycles. The largest absolute Gasteiger partial charge is 0.444 e. The Balaban J connectivity index is 3.90. The molecule has 3 nitrogen and oxygen atoms in total. The zero-order chi connectivity index (χ0) is 11.2. The van der Waals surface area contributed by atoms with E-state index in [9.17, 15) is 9.18 Å². The third kappa shape index (κ3) is 8.04. The van der Waals surface area contributed by atoms with Crippen molar-refractivity contribution < 1.29 is 13.9 Å². The van der Waals surface area contributed by atoms with Crippen molar-refractivity contribution >= 4 is 22.0 Å². The Kier molecular flexibility index (Phi) is 5.76. The monoisotopic (exact) mass is 267 g/mol. The van der Waals surface area contributed by atoms with Gasteiger partial charge in [0.25, 0.3) is 0 Å². The van der Waals surface area contributed by atoms with Crippen LogP contribution in [-0.4, -0.2) is 17.0 Å². The minimum absolute atomic E-state index is 0.246. The minimum atomic E-state index is -0.651. The van der Waals surface area contributed by atoms with Gasteiger partial charge in [0.15, 0.2) is 0 Å². The lowest BCUT2D eigenvalue weighted by atomic mass is 10.2. The molecule has 0 fully saturated rings. The van der Waals surface area contributed by atoms with Gasteiger partial charge in [-0.1, -0.05) is 15.9 Å². The van der Waals surface area contributed by atoms with Crippen LogP contribution in [0.2, 0.25) is 0 Å². The predicted octanol–water partition coefficient (Wildman–Crippen LogP) is 3.11. The van der Waals surface area contributed by atoms with Crippen LogP contribution < -0.4 is 5.32 Å². The highest BCUT2D eigenvalue weighted by atomic mass is 79.9. The SMILES string of the molecule is CC(C)(C)OC(=O)NC=C(F)CCBr. The van der Waals surface area contributed by atoms with Gasteiger partial charge in [-0.15, -0.1) is 0 Å². The highest BCUT2D eigenvalue weighted by molar-refractivity contribution is 9.09. The summed E-state index contributed by atoms with van der Waals surface area (Å²) in [5, 5.41) is 2.72. The van der Waals surface area contributed by atoms with E-state index in [1.165, 1.54) is 0 Å². The number of alkyl halides is 1. The summed E-state index contributed by atoms with van der Waals surface area (Å²) in [5.74, 6) is -0.396. The number of amides is 1. The number of carbonyl (C=O) groups is 1. The van der Waals surface area contributed by atoms with Crippen molar-refractivity contribution in [1.82, 2.24) is 5.32 Å². The highest BCUT2D eigenvalue weighted by Crippen LogP contribution is 2.07. The third-order valence-electron chi connectivity index (χ3n) is 1.08. The van der Waals surface area contributed by atoms with Gasteiger partial charge in [0, 0.05) is 18.0 Å². The second-order valence-electron chi connectivity index (χ2n) is 3.68. The fourth-order valence-electron chi connectivity index (χ4n) is 0.607. The number of nitrogens with one attached hydrogen (secondary N) is 1. The van der Waals surface area contributed by atoms with Crippen molar-refractivity contribution in [2.24, 2.45) is 0 Å². The normalized spacial score (nSPS) is 12.5. The molecule has 0 saturated carbocycles. The molecule has 0 aromatic rings. The number of carbonyl (C=O) groups excluding carboxylic acids is 1. The summed E-state index contributed by atoms with van der Waals surface area (Å²) >= 11 is 3.08. The molecule has 0 radical (unpaired) electrons. The zero-order valence-electron chi connectivity index (χ0n) is 8.56. The maximum absolute atomic E-state index is 12.8. The van der Waals surface area contributed by atoms with E-state index in [1.54, 1.807) is 20.8 Å². The van der Waals surface area contributed by atoms with Crippen LogP contribution in [0.15, 0.2) is 12.0 Å². The first-order valence-corrected chi connectivity index (χ1v) is 5.37. The van der Waals surface area contributed by atoms with Crippen LogP contribution in [0.4, 0.5) is 9.18 Å². The van der Waals surface area contributed by atoms with Crippen LogP contribution in [0.5, 0.6) is 0 Å². The quantitative estimate of drug-likeness (QED) is 0.799. The number of hydrogen-bond acceptors (Lipinski definition) is 2. The summed E-state index contributed by atoms with van der Waals surface area (Å²) in [7, 11) is 0. The lowest BCUT2D eigenvalue weighted by Crippen LogP contribution is -2.29. The number of alkyl carbamates (subject to hydrolysis) is 1. The lowest BCUT2D eigenvalue weighted by molar-refractivity contribution is 0.0551. The highest BCUT2D eigenvalue weighted by Gasteiger charge is 2.15. The molecular formula is C9H15BrFNO2. The van der Waals surface area contributed by atoms with Gasteiger partial charge >= 0.3 is 6.09 Å². The molecule has 1 N–H and O–H groups in total. The predicted molar refractivity (Wildman–Crippen MR) is 57.0 cm³/mol. The van der Waals surface area contributed by atoms with Gasteiger partial charge in [0.2, 0.25) is 0 Å². The third-order valence-corrected chi connectivity index (χ3v) is 1.48. The van der Waals surface area contributed by atoms with Crippen molar-refractivity contribution in [2.75, 3.05) is 5.33 Å². The molecular weight excluding hydrogens is 253 g/mol. The molecule has 0 aliphatic heterocycles. The van der Waals surface area contributed by atoms with E-state index in [0.29, 0.717) is 5.33 Å². The van der Waals surface area contributed by atoms with Gasteiger partial charge in [0.05, 0.1) is 0 Å². The molecule has 82 valence electrons. The summed E-state index contributed by atoms with van der Waals surface area (Å²) in [4.78, 5) is 11.0. The number of hydrogen-bond donors (Lipinski definition) is 1. The summed E-state index contributed by atoms with van der Waals surface area (Å²) in [6.07, 6.45) is 0.604. The molecule has 0 aromatic heterocycles. The molecule has 0 unspecified atom stereocenters. The Morgan fingerprint density at radius 1 is 1.57 bits per heavy atom. The maximum Gasteiger partial charge on any atom is 0.411 e. The zero-order valence-corrected chi connectivity index (χ0v) is 10.1. The first-order valence-electron chi connectivity index (χ1n) is 4.25. The molecule has 0 bridgehead atoms. The van der Waals surface area contributed by atoms with Gasteiger partial charge in [-0.05, 0) is 20.8 Å². The summed E-state index contributed by atoms with van der Waals surface area (Å²) in [5.41, 5.74) is -0.566. The first kappa shape index (κ1) is 13.4. The Morgan fingerprint density at radius 3 is 2.57 bits per heavy atom. The molecule has 1 amide bonds. The molecule has 0 saturated heterocycles. The van der Waals surface area contributed by atoms with Crippen molar-refractivity contribution in [3.05, 3.63) is 12.0 Å². The first-order chi connectivity index (χ1) is 6.35. The second-order valence-corrected chi connectivity index (χ2v) is 4.47. The lowest BCUT2D eigenvalue weighted by Gasteiger charge is -2.18. The Bertz CT molecular complexity index is 223. The fourth-order valence-corrected chi connectivity index (χ4v) is 0.986. The molecule has 0 spiro atoms. The van der Waals surface area contributed by atoms with Crippen molar-refractivity contribution in [3.8, 4) is 0 Å². The summed E-state index contributed by atoms with van der Waals surface area (Å²) in [6.45, 7) is 5.22. The molecule has 0 atom stereocenters. The molecule has 14 heavy (non-hydrogen) atoms. The molecule has 0 rings (SSSR count). The van der Waals surface area contributed by atoms with E-state index in [2.05, 4.69) is 21.2 Å². The van der Waals surface area contributed by atoms with Gasteiger partial charge in [0.1, 0.15) is 11.4 Å². The van der Waals surface area contributed by atoms with Crippen LogP contribution in [0.3, 0.4) is 0 Å². The van der Waals surface area contributed by atoms with Crippen molar-refractivity contribution in [2.45, 2.75) is 32.8 Å². The van der Waals surface area contributed by atoms with Crippen LogP contribution in [0.25, 0.3) is 0 Å². The average molecular weight is 268 g/mol. The van der Waals surface area contributed by atoms with E-state index in [-0.39, 0.29) is 6.42 Å². The number of allylic oxidation sites excluding steroid dienone is 1. The van der Waals surface area contributed by atoms with Gasteiger partial charge in [-0.25, -0.2) is 9.18 Å². The number of halogens is 2. The van der Waals surface area contributed by atoms with Gasteiger partial charge in [-0.2, -0.15) is 0 Å². The van der Waals surface area contributed by atoms with Crippen molar-refractivity contribution in [3.63, 3.8) is 0 Å². The minimum Gasteiger partial charge on any atom is -0.444 e. The van der Waals surface area contributed by atoms with Gasteiger partial charge < -0.3 is 4.74 Å². The van der Waals surface area contributed by atoms with Crippen molar-refractivity contribution in [1.29, 1.82) is 0 Å². The second kappa shape index (κ2) is 6.01. The van der Waals surface area contributed by atoms with Crippen LogP contribution in [0.1, 0.15) is 27.2 Å². The Labute approximate surface area is 91.8 Å². The van der Waals surface area contributed by atoms with Crippen LogP contribution in [0, 0.1) is 0 Å². The summed E-state index contributed by atoms with van der Waals surface area (Å²) in [6, 6.07) is 0. The Morgan fingerprint density at radius 2 is 2.14 bits per heavy atom. The Hall–Kier alpha value is -0.580. The number of ether oxygens (including phenoxy) is 1. The number of rotatable bonds is 3. The average Bonchev–Trinajstić information content (AvgIpc) is 1.98. The molecule has 5 heteroatoms. The smallest absolute Gasteiger partial charge is 0.411 e. The van der Waals surface area contributed by atoms with E-state index >= 15 is 0 Å². The fraction of sp³-hybridized carbons (Fsp3) is 0.667. The molecule has 0 heterocycles. The van der Waals surface area contributed by atoms with Crippen LogP contribution >= 0.6 is 15.9 Å². The van der Waals surface area contributed by atoms with Gasteiger partial charge in [-0.3, -0.25) is 5.32 Å². The molecule has 0 aliphatic rings. The molecule has 0 aliphatic carbocycles. The summed E-state index contributed by atoms with van der Waals surface area (Å²) < 4.78 is 17.7. The topological polar surface area (TPSA) is 38.3 Å². The maximum atomic E-state index is 12.8. The van der Waals surface area contributed by atoms with E-state index in [0.717, 1.165) is 6.20 Å². The van der Waals surface area contributed by atoms with E-state index in [4.69, 9.17) is 4.74 Å². The van der Waals surface area contributed by atoms with E-state index in [1.807, 2.05) is 0 Å². The van der Waals surface area contributed by atoms with Crippen LogP contribution in [-0.2, 0) is 4.74 Å².